The van der Waals surface area contributed by atoms with Gasteiger partial charge in [-0.1, -0.05) is 13.3 Å². The molecule has 2 N–H and O–H groups in total. The van der Waals surface area contributed by atoms with Crippen LogP contribution in [0.5, 0.6) is 0 Å². The van der Waals surface area contributed by atoms with Crippen molar-refractivity contribution < 1.29 is 9.90 Å². The minimum absolute atomic E-state index is 0.0207. The third kappa shape index (κ3) is 4.01. The van der Waals surface area contributed by atoms with Crippen LogP contribution in [0.2, 0.25) is 0 Å². The zero-order valence-corrected chi connectivity index (χ0v) is 9.72. The van der Waals surface area contributed by atoms with Crippen molar-refractivity contribution in [1.82, 2.24) is 5.32 Å². The Bertz CT molecular complexity index is 285. The van der Waals surface area contributed by atoms with Gasteiger partial charge in [-0.3, -0.25) is 4.79 Å². The van der Waals surface area contributed by atoms with Crippen LogP contribution in [0.1, 0.15) is 30.1 Å². The lowest BCUT2D eigenvalue weighted by molar-refractivity contribution is 0.0944. The van der Waals surface area contributed by atoms with Crippen molar-refractivity contribution in [2.75, 3.05) is 13.2 Å². The van der Waals surface area contributed by atoms with Crippen LogP contribution in [-0.4, -0.2) is 24.2 Å². The van der Waals surface area contributed by atoms with Gasteiger partial charge >= 0.3 is 0 Å². The van der Waals surface area contributed by atoms with Crippen LogP contribution in [0.15, 0.2) is 16.8 Å². The van der Waals surface area contributed by atoms with Crippen molar-refractivity contribution in [1.29, 1.82) is 0 Å². The van der Waals surface area contributed by atoms with Gasteiger partial charge in [0.1, 0.15) is 0 Å². The van der Waals surface area contributed by atoms with Crippen molar-refractivity contribution in [3.05, 3.63) is 22.4 Å². The monoisotopic (exact) mass is 227 g/mol. The molecule has 1 heterocycles. The van der Waals surface area contributed by atoms with Gasteiger partial charge in [0, 0.05) is 24.1 Å². The molecule has 0 aliphatic heterocycles. The number of nitrogens with one attached hydrogen (secondary N) is 1. The second-order valence-electron chi connectivity index (χ2n) is 3.51. The molecule has 4 heteroatoms. The van der Waals surface area contributed by atoms with Crippen molar-refractivity contribution in [3.63, 3.8) is 0 Å². The van der Waals surface area contributed by atoms with E-state index in [9.17, 15) is 4.79 Å². The highest BCUT2D eigenvalue weighted by atomic mass is 32.1. The number of aliphatic hydroxyl groups excluding tert-OH is 1. The highest BCUT2D eigenvalue weighted by molar-refractivity contribution is 7.08. The average Bonchev–Trinajstić information content (AvgIpc) is 2.77. The molecule has 0 radical (unpaired) electrons. The summed E-state index contributed by atoms with van der Waals surface area (Å²) >= 11 is 1.52. The molecule has 1 aromatic rings. The molecule has 15 heavy (non-hydrogen) atoms. The second-order valence-corrected chi connectivity index (χ2v) is 4.29. The number of carbonyl (C=O) groups is 1. The molecule has 1 unspecified atom stereocenters. The van der Waals surface area contributed by atoms with Crippen molar-refractivity contribution in [2.24, 2.45) is 5.92 Å². The lowest BCUT2D eigenvalue weighted by atomic mass is 10.0. The van der Waals surface area contributed by atoms with Gasteiger partial charge in [0.2, 0.25) is 0 Å². The van der Waals surface area contributed by atoms with Crippen molar-refractivity contribution >= 4 is 17.2 Å². The van der Waals surface area contributed by atoms with Crippen LogP contribution in [0.25, 0.3) is 0 Å². The van der Waals surface area contributed by atoms with E-state index in [1.807, 2.05) is 16.8 Å². The Morgan fingerprint density at radius 1 is 1.67 bits per heavy atom. The highest BCUT2D eigenvalue weighted by Crippen LogP contribution is 2.08. The van der Waals surface area contributed by atoms with Crippen LogP contribution in [0, 0.1) is 5.92 Å². The SMILES string of the molecule is CCC(CCO)CNC(=O)c1ccsc1. The molecule has 1 rings (SSSR count). The zero-order chi connectivity index (χ0) is 11.1. The van der Waals surface area contributed by atoms with Crippen LogP contribution in [-0.2, 0) is 0 Å². The van der Waals surface area contributed by atoms with E-state index in [0.29, 0.717) is 12.5 Å². The predicted octanol–water partition coefficient (Wildman–Crippen LogP) is 1.89. The third-order valence-electron chi connectivity index (χ3n) is 2.45. The number of rotatable bonds is 6. The first kappa shape index (κ1) is 12.2. The van der Waals surface area contributed by atoms with Crippen LogP contribution in [0.4, 0.5) is 0 Å². The van der Waals surface area contributed by atoms with Gasteiger partial charge in [0.05, 0.1) is 0 Å². The summed E-state index contributed by atoms with van der Waals surface area (Å²) in [6.07, 6.45) is 1.73. The summed E-state index contributed by atoms with van der Waals surface area (Å²) < 4.78 is 0. The van der Waals surface area contributed by atoms with Gasteiger partial charge in [-0.25, -0.2) is 0 Å². The first-order valence-electron chi connectivity index (χ1n) is 5.19. The molecule has 0 spiro atoms. The van der Waals surface area contributed by atoms with Gasteiger partial charge in [-0.15, -0.1) is 0 Å². The minimum atomic E-state index is -0.0207. The Balaban J connectivity index is 2.33. The number of aliphatic hydroxyl groups is 1. The lowest BCUT2D eigenvalue weighted by Crippen LogP contribution is -2.29. The van der Waals surface area contributed by atoms with Crippen molar-refractivity contribution in [3.8, 4) is 0 Å². The summed E-state index contributed by atoms with van der Waals surface area (Å²) in [6, 6.07) is 1.81. The Morgan fingerprint density at radius 3 is 3.00 bits per heavy atom. The lowest BCUT2D eigenvalue weighted by Gasteiger charge is -2.13. The smallest absolute Gasteiger partial charge is 0.252 e. The average molecular weight is 227 g/mol. The minimum Gasteiger partial charge on any atom is -0.396 e. The molecule has 1 atom stereocenters. The fraction of sp³-hybridized carbons (Fsp3) is 0.545. The first-order chi connectivity index (χ1) is 7.27. The van der Waals surface area contributed by atoms with Crippen LogP contribution in [0.3, 0.4) is 0 Å². The van der Waals surface area contributed by atoms with E-state index in [2.05, 4.69) is 12.2 Å². The number of hydrogen-bond acceptors (Lipinski definition) is 3. The van der Waals surface area contributed by atoms with Crippen molar-refractivity contribution in [2.45, 2.75) is 19.8 Å². The van der Waals surface area contributed by atoms with Gasteiger partial charge < -0.3 is 10.4 Å². The van der Waals surface area contributed by atoms with Gasteiger partial charge in [-0.2, -0.15) is 11.3 Å². The zero-order valence-electron chi connectivity index (χ0n) is 8.90. The molecule has 0 saturated heterocycles. The molecule has 1 amide bonds. The highest BCUT2D eigenvalue weighted by Gasteiger charge is 2.09. The molecule has 0 bridgehead atoms. The van der Waals surface area contributed by atoms with Crippen LogP contribution < -0.4 is 5.32 Å². The molecule has 84 valence electrons. The molecular formula is C11H17NO2S. The molecule has 3 nitrogen and oxygen atoms in total. The fourth-order valence-electron chi connectivity index (χ4n) is 1.37. The molecule has 1 aromatic heterocycles. The number of hydrogen-bond donors (Lipinski definition) is 2. The molecular weight excluding hydrogens is 210 g/mol. The molecule has 0 fully saturated rings. The van der Waals surface area contributed by atoms with Crippen LogP contribution >= 0.6 is 11.3 Å². The normalized spacial score (nSPS) is 12.4. The van der Waals surface area contributed by atoms with E-state index < -0.39 is 0 Å². The van der Waals surface area contributed by atoms with Gasteiger partial charge in [0.15, 0.2) is 0 Å². The first-order valence-corrected chi connectivity index (χ1v) is 6.13. The number of thiophene rings is 1. The van der Waals surface area contributed by atoms with E-state index in [1.54, 1.807) is 0 Å². The maximum absolute atomic E-state index is 11.6. The summed E-state index contributed by atoms with van der Waals surface area (Å²) in [5.74, 6) is 0.352. The van der Waals surface area contributed by atoms with E-state index in [0.717, 1.165) is 18.4 Å². The Kier molecular flexibility index (Phi) is 5.36. The Hall–Kier alpha value is -0.870. The summed E-state index contributed by atoms with van der Waals surface area (Å²) in [7, 11) is 0. The van der Waals surface area contributed by atoms with Gasteiger partial charge in [-0.05, 0) is 23.8 Å². The quantitative estimate of drug-likeness (QED) is 0.779. The summed E-state index contributed by atoms with van der Waals surface area (Å²) in [5.41, 5.74) is 0.721. The maximum Gasteiger partial charge on any atom is 0.252 e. The summed E-state index contributed by atoms with van der Waals surface area (Å²) in [5, 5.41) is 15.4. The van der Waals surface area contributed by atoms with Gasteiger partial charge in [0.25, 0.3) is 5.91 Å². The topological polar surface area (TPSA) is 49.3 Å². The second kappa shape index (κ2) is 6.58. The number of carbonyl (C=O) groups excluding carboxylic acids is 1. The largest absolute Gasteiger partial charge is 0.396 e. The standard InChI is InChI=1S/C11H17NO2S/c1-2-9(3-5-13)7-12-11(14)10-4-6-15-8-10/h4,6,8-9,13H,2-3,5,7H2,1H3,(H,12,14). The predicted molar refractivity (Wildman–Crippen MR) is 62.1 cm³/mol. The molecule has 0 aromatic carbocycles. The van der Waals surface area contributed by atoms with E-state index in [4.69, 9.17) is 5.11 Å². The number of amides is 1. The summed E-state index contributed by atoms with van der Waals surface area (Å²) in [6.45, 7) is 2.90. The third-order valence-corrected chi connectivity index (χ3v) is 3.13. The van der Waals surface area contributed by atoms with E-state index in [1.165, 1.54) is 11.3 Å². The van der Waals surface area contributed by atoms with E-state index in [-0.39, 0.29) is 12.5 Å². The maximum atomic E-state index is 11.6. The summed E-state index contributed by atoms with van der Waals surface area (Å²) in [4.78, 5) is 11.6. The fourth-order valence-corrected chi connectivity index (χ4v) is 2.00. The Labute approximate surface area is 94.1 Å². The molecule has 0 saturated carbocycles. The van der Waals surface area contributed by atoms with E-state index >= 15 is 0 Å². The Morgan fingerprint density at radius 2 is 2.47 bits per heavy atom. The molecule has 0 aliphatic rings. The molecule has 0 aliphatic carbocycles.